The molecule has 0 saturated heterocycles. The molecule has 1 amide bonds. The van der Waals surface area contributed by atoms with Gasteiger partial charge in [0.15, 0.2) is 0 Å². The summed E-state index contributed by atoms with van der Waals surface area (Å²) in [5, 5.41) is 6.84. The van der Waals surface area contributed by atoms with Crippen LogP contribution in [0.5, 0.6) is 0 Å². The lowest BCUT2D eigenvalue weighted by atomic mass is 10.2. The largest absolute Gasteiger partial charge is 0.320 e. The molecule has 0 unspecified atom stereocenters. The lowest BCUT2D eigenvalue weighted by Crippen LogP contribution is -2.13. The molecule has 5 nitrogen and oxygen atoms in total. The summed E-state index contributed by atoms with van der Waals surface area (Å²) >= 11 is 0. The van der Waals surface area contributed by atoms with E-state index in [1.807, 2.05) is 0 Å². The van der Waals surface area contributed by atoms with Gasteiger partial charge in [-0.3, -0.25) is 9.78 Å². The molecule has 3 aromatic rings. The van der Waals surface area contributed by atoms with E-state index in [9.17, 15) is 9.18 Å². The summed E-state index contributed by atoms with van der Waals surface area (Å²) in [5.41, 5.74) is 1.84. The van der Waals surface area contributed by atoms with Crippen molar-refractivity contribution in [1.82, 2.24) is 14.8 Å². The fraction of sp³-hybridized carbons (Fsp3) is 0.0625. The Bertz CT molecular complexity index is 814. The average Bonchev–Trinajstić information content (AvgIpc) is 2.90. The Hall–Kier alpha value is -3.02. The topological polar surface area (TPSA) is 59.8 Å². The Kier molecular flexibility index (Phi) is 3.65. The van der Waals surface area contributed by atoms with Crippen LogP contribution in [0.25, 0.3) is 5.69 Å². The first kappa shape index (κ1) is 13.9. The normalized spacial score (nSPS) is 10.5. The molecule has 0 fully saturated rings. The predicted octanol–water partition coefficient (Wildman–Crippen LogP) is 2.97. The number of aromatic nitrogens is 3. The molecule has 0 aliphatic heterocycles. The Morgan fingerprint density at radius 2 is 2.00 bits per heavy atom. The van der Waals surface area contributed by atoms with Gasteiger partial charge in [-0.15, -0.1) is 0 Å². The maximum absolute atomic E-state index is 13.8. The number of hydrogen-bond donors (Lipinski definition) is 1. The number of anilines is 1. The molecule has 0 aliphatic rings. The first-order valence-electron chi connectivity index (χ1n) is 6.67. The van der Waals surface area contributed by atoms with Crippen LogP contribution in [-0.4, -0.2) is 20.7 Å². The molecule has 0 saturated carbocycles. The number of carbonyl (C=O) groups excluding carboxylic acids is 1. The fourth-order valence-corrected chi connectivity index (χ4v) is 2.13. The van der Waals surface area contributed by atoms with Gasteiger partial charge < -0.3 is 5.32 Å². The monoisotopic (exact) mass is 296 g/mol. The molecule has 1 aromatic carbocycles. The second-order valence-corrected chi connectivity index (χ2v) is 4.70. The molecule has 3 rings (SSSR count). The van der Waals surface area contributed by atoms with Crippen LogP contribution in [-0.2, 0) is 0 Å². The third-order valence-corrected chi connectivity index (χ3v) is 3.25. The smallest absolute Gasteiger partial charge is 0.259 e. The molecule has 1 N–H and O–H groups in total. The van der Waals surface area contributed by atoms with Crippen molar-refractivity contribution in [2.75, 3.05) is 5.32 Å². The van der Waals surface area contributed by atoms with Crippen molar-refractivity contribution in [2.45, 2.75) is 6.92 Å². The standard InChI is InChI=1S/C16H13FN4O/c1-11-13(16(22)20-12-5-4-8-18-9-12)10-19-21(11)15-7-3-2-6-14(15)17/h2-10H,1H3,(H,20,22). The molecule has 2 aromatic heterocycles. The van der Waals surface area contributed by atoms with Crippen molar-refractivity contribution in [3.8, 4) is 5.69 Å². The van der Waals surface area contributed by atoms with Gasteiger partial charge in [0, 0.05) is 6.20 Å². The van der Waals surface area contributed by atoms with Crippen LogP contribution >= 0.6 is 0 Å². The molecular formula is C16H13FN4O. The van der Waals surface area contributed by atoms with Gasteiger partial charge in [0.05, 0.1) is 29.3 Å². The highest BCUT2D eigenvalue weighted by atomic mass is 19.1. The van der Waals surface area contributed by atoms with E-state index < -0.39 is 5.82 Å². The summed E-state index contributed by atoms with van der Waals surface area (Å²) in [6.07, 6.45) is 4.60. The molecule has 22 heavy (non-hydrogen) atoms. The molecule has 0 atom stereocenters. The molecule has 6 heteroatoms. The predicted molar refractivity (Wildman–Crippen MR) is 80.4 cm³/mol. The summed E-state index contributed by atoms with van der Waals surface area (Å²) in [4.78, 5) is 16.2. The van der Waals surface area contributed by atoms with Crippen molar-refractivity contribution >= 4 is 11.6 Å². The Balaban J connectivity index is 1.91. The molecule has 0 radical (unpaired) electrons. The van der Waals surface area contributed by atoms with Gasteiger partial charge in [0.1, 0.15) is 11.5 Å². The van der Waals surface area contributed by atoms with Gasteiger partial charge in [0.25, 0.3) is 5.91 Å². The van der Waals surface area contributed by atoms with Crippen molar-refractivity contribution in [1.29, 1.82) is 0 Å². The van der Waals surface area contributed by atoms with Gasteiger partial charge in [0.2, 0.25) is 0 Å². The third kappa shape index (κ3) is 2.58. The second kappa shape index (κ2) is 5.77. The van der Waals surface area contributed by atoms with E-state index in [1.165, 1.54) is 16.9 Å². The van der Waals surface area contributed by atoms with Gasteiger partial charge in [-0.25, -0.2) is 9.07 Å². The second-order valence-electron chi connectivity index (χ2n) is 4.70. The maximum atomic E-state index is 13.8. The number of halogens is 1. The van der Waals surface area contributed by atoms with Crippen LogP contribution in [0.2, 0.25) is 0 Å². The number of amides is 1. The van der Waals surface area contributed by atoms with Crippen LogP contribution in [0.4, 0.5) is 10.1 Å². The van der Waals surface area contributed by atoms with E-state index >= 15 is 0 Å². The Morgan fingerprint density at radius 1 is 1.18 bits per heavy atom. The highest BCUT2D eigenvalue weighted by Crippen LogP contribution is 2.18. The number of carbonyl (C=O) groups is 1. The van der Waals surface area contributed by atoms with E-state index in [4.69, 9.17) is 0 Å². The Morgan fingerprint density at radius 3 is 2.73 bits per heavy atom. The third-order valence-electron chi connectivity index (χ3n) is 3.25. The number of pyridine rings is 1. The van der Waals surface area contributed by atoms with Gasteiger partial charge >= 0.3 is 0 Å². The van der Waals surface area contributed by atoms with E-state index in [1.54, 1.807) is 49.6 Å². The number of hydrogen-bond acceptors (Lipinski definition) is 3. The van der Waals surface area contributed by atoms with E-state index in [2.05, 4.69) is 15.4 Å². The minimum atomic E-state index is -0.395. The van der Waals surface area contributed by atoms with E-state index in [-0.39, 0.29) is 5.91 Å². The molecule has 0 aliphatic carbocycles. The highest BCUT2D eigenvalue weighted by molar-refractivity contribution is 6.04. The molecule has 2 heterocycles. The zero-order valence-corrected chi connectivity index (χ0v) is 11.8. The minimum Gasteiger partial charge on any atom is -0.320 e. The van der Waals surface area contributed by atoms with Crippen molar-refractivity contribution in [3.05, 3.63) is 72.1 Å². The van der Waals surface area contributed by atoms with Crippen LogP contribution < -0.4 is 5.32 Å². The lowest BCUT2D eigenvalue weighted by Gasteiger charge is -2.07. The molecule has 110 valence electrons. The SMILES string of the molecule is Cc1c(C(=O)Nc2cccnc2)cnn1-c1ccccc1F. The van der Waals surface area contributed by atoms with Crippen molar-refractivity contribution in [2.24, 2.45) is 0 Å². The first-order valence-corrected chi connectivity index (χ1v) is 6.67. The summed E-state index contributed by atoms with van der Waals surface area (Å²) in [6, 6.07) is 9.75. The van der Waals surface area contributed by atoms with Gasteiger partial charge in [-0.1, -0.05) is 12.1 Å². The highest BCUT2D eigenvalue weighted by Gasteiger charge is 2.16. The van der Waals surface area contributed by atoms with Crippen LogP contribution in [0.1, 0.15) is 16.1 Å². The number of benzene rings is 1. The number of nitrogens with zero attached hydrogens (tertiary/aromatic N) is 3. The van der Waals surface area contributed by atoms with Crippen LogP contribution in [0, 0.1) is 12.7 Å². The lowest BCUT2D eigenvalue weighted by molar-refractivity contribution is 0.102. The zero-order valence-electron chi connectivity index (χ0n) is 11.8. The number of para-hydroxylation sites is 1. The quantitative estimate of drug-likeness (QED) is 0.808. The van der Waals surface area contributed by atoms with Crippen molar-refractivity contribution < 1.29 is 9.18 Å². The average molecular weight is 296 g/mol. The molecular weight excluding hydrogens is 283 g/mol. The first-order chi connectivity index (χ1) is 10.7. The minimum absolute atomic E-state index is 0.306. The van der Waals surface area contributed by atoms with Gasteiger partial charge in [-0.2, -0.15) is 5.10 Å². The fourth-order valence-electron chi connectivity index (χ4n) is 2.13. The summed E-state index contributed by atoms with van der Waals surface area (Å²) in [7, 11) is 0. The van der Waals surface area contributed by atoms with Crippen molar-refractivity contribution in [3.63, 3.8) is 0 Å². The Labute approximate surface area is 126 Å². The zero-order chi connectivity index (χ0) is 15.5. The number of nitrogens with one attached hydrogen (secondary N) is 1. The van der Waals surface area contributed by atoms with Crippen LogP contribution in [0.3, 0.4) is 0 Å². The van der Waals surface area contributed by atoms with Crippen LogP contribution in [0.15, 0.2) is 55.0 Å². The molecule has 0 spiro atoms. The number of rotatable bonds is 3. The van der Waals surface area contributed by atoms with E-state index in [0.29, 0.717) is 22.6 Å². The molecule has 0 bridgehead atoms. The summed E-state index contributed by atoms with van der Waals surface area (Å²) < 4.78 is 15.3. The maximum Gasteiger partial charge on any atom is 0.259 e. The van der Waals surface area contributed by atoms with Gasteiger partial charge in [-0.05, 0) is 31.2 Å². The summed E-state index contributed by atoms with van der Waals surface area (Å²) in [5.74, 6) is -0.707. The summed E-state index contributed by atoms with van der Waals surface area (Å²) in [6.45, 7) is 1.72. The van der Waals surface area contributed by atoms with E-state index in [0.717, 1.165) is 0 Å².